The molecule has 2 amide bonds. The molecule has 2 aromatic heterocycles. The number of ether oxygens (including phenoxy) is 1. The van der Waals surface area contributed by atoms with Crippen molar-refractivity contribution in [2.24, 2.45) is 5.92 Å². The van der Waals surface area contributed by atoms with E-state index >= 15 is 0 Å². The molecule has 3 aliphatic rings. The second kappa shape index (κ2) is 6.10. The molecule has 0 aliphatic carbocycles. The highest BCUT2D eigenvalue weighted by Crippen LogP contribution is 2.49. The predicted molar refractivity (Wildman–Crippen MR) is 97.4 cm³/mol. The van der Waals surface area contributed by atoms with Gasteiger partial charge in [-0.2, -0.15) is 0 Å². The van der Waals surface area contributed by atoms with Crippen molar-refractivity contribution in [3.63, 3.8) is 0 Å². The van der Waals surface area contributed by atoms with E-state index in [1.165, 1.54) is 12.7 Å². The Balaban J connectivity index is 1.44. The zero-order valence-corrected chi connectivity index (χ0v) is 15.9. The van der Waals surface area contributed by atoms with Crippen LogP contribution in [0.25, 0.3) is 5.82 Å². The van der Waals surface area contributed by atoms with Gasteiger partial charge in [0.1, 0.15) is 24.2 Å². The minimum absolute atomic E-state index is 0.0720. The Hall–Kier alpha value is -2.81. The molecule has 3 atom stereocenters. The fourth-order valence-corrected chi connectivity index (χ4v) is 4.77. The van der Waals surface area contributed by atoms with Crippen LogP contribution in [-0.2, 0) is 9.53 Å². The Bertz CT molecular complexity index is 930. The summed E-state index contributed by atoms with van der Waals surface area (Å²) in [6, 6.07) is 5.08. The van der Waals surface area contributed by atoms with Crippen molar-refractivity contribution in [3.05, 3.63) is 36.5 Å². The second-order valence-electron chi connectivity index (χ2n) is 7.95. The maximum Gasteiger partial charge on any atom is 0.272 e. The third kappa shape index (κ3) is 2.32. The van der Waals surface area contributed by atoms with E-state index in [1.54, 1.807) is 27.7 Å². The number of carbonyl (C=O) groups excluding carboxylic acids is 2. The van der Waals surface area contributed by atoms with Gasteiger partial charge in [0, 0.05) is 13.0 Å². The standard InChI is InChI=1S/C19H22N6O3/c1-12(2)14-9-28-19-6-7-24(15(19)8-17(26)25(14)19)18(27)13-4-3-5-16(22-13)23-10-20-21-11-23/h3-5,10-12,14-15H,6-9H2,1-2H3/t14-,15+,19-/m0/s1. The molecule has 0 saturated carbocycles. The summed E-state index contributed by atoms with van der Waals surface area (Å²) >= 11 is 0. The highest BCUT2D eigenvalue weighted by Gasteiger charge is 2.65. The van der Waals surface area contributed by atoms with Crippen LogP contribution >= 0.6 is 0 Å². The number of carbonyl (C=O) groups is 2. The van der Waals surface area contributed by atoms with Crippen LogP contribution < -0.4 is 0 Å². The monoisotopic (exact) mass is 382 g/mol. The van der Waals surface area contributed by atoms with Gasteiger partial charge in [-0.05, 0) is 18.1 Å². The number of hydrogen-bond acceptors (Lipinski definition) is 6. The number of nitrogens with zero attached hydrogens (tertiary/aromatic N) is 6. The molecule has 0 bridgehead atoms. The lowest BCUT2D eigenvalue weighted by Crippen LogP contribution is -2.51. The third-order valence-corrected chi connectivity index (χ3v) is 6.16. The molecule has 0 unspecified atom stereocenters. The average Bonchev–Trinajstić information content (AvgIpc) is 3.44. The number of pyridine rings is 1. The van der Waals surface area contributed by atoms with E-state index in [-0.39, 0.29) is 23.9 Å². The van der Waals surface area contributed by atoms with E-state index in [0.29, 0.717) is 43.4 Å². The number of likely N-dealkylation sites (tertiary alicyclic amines) is 1. The Labute approximate surface area is 162 Å². The van der Waals surface area contributed by atoms with Gasteiger partial charge in [-0.3, -0.25) is 14.2 Å². The van der Waals surface area contributed by atoms with Crippen LogP contribution in [-0.4, -0.2) is 72.3 Å². The van der Waals surface area contributed by atoms with E-state index in [0.717, 1.165) is 0 Å². The molecule has 9 nitrogen and oxygen atoms in total. The summed E-state index contributed by atoms with van der Waals surface area (Å²) in [5.74, 6) is 0.785. The number of rotatable bonds is 3. The number of hydrogen-bond donors (Lipinski definition) is 0. The van der Waals surface area contributed by atoms with Gasteiger partial charge in [-0.15, -0.1) is 10.2 Å². The fraction of sp³-hybridized carbons (Fsp3) is 0.526. The van der Waals surface area contributed by atoms with Gasteiger partial charge in [-0.1, -0.05) is 19.9 Å². The molecule has 0 radical (unpaired) electrons. The largest absolute Gasteiger partial charge is 0.351 e. The van der Waals surface area contributed by atoms with Crippen LogP contribution in [0.5, 0.6) is 0 Å². The Morgan fingerprint density at radius 2 is 2.07 bits per heavy atom. The average molecular weight is 382 g/mol. The summed E-state index contributed by atoms with van der Waals surface area (Å²) in [5.41, 5.74) is -0.333. The van der Waals surface area contributed by atoms with E-state index in [4.69, 9.17) is 4.74 Å². The summed E-state index contributed by atoms with van der Waals surface area (Å²) in [6.45, 7) is 5.29. The first-order chi connectivity index (χ1) is 13.5. The topological polar surface area (TPSA) is 93.5 Å². The van der Waals surface area contributed by atoms with Gasteiger partial charge in [0.25, 0.3) is 5.91 Å². The van der Waals surface area contributed by atoms with E-state index < -0.39 is 5.72 Å². The van der Waals surface area contributed by atoms with Gasteiger partial charge < -0.3 is 14.5 Å². The van der Waals surface area contributed by atoms with E-state index in [1.807, 2.05) is 4.90 Å². The molecule has 146 valence electrons. The van der Waals surface area contributed by atoms with Crippen LogP contribution in [0.1, 0.15) is 37.2 Å². The van der Waals surface area contributed by atoms with Crippen molar-refractivity contribution in [3.8, 4) is 5.82 Å². The number of aromatic nitrogens is 4. The van der Waals surface area contributed by atoms with Crippen molar-refractivity contribution in [2.75, 3.05) is 13.2 Å². The first-order valence-corrected chi connectivity index (χ1v) is 9.60. The first-order valence-electron chi connectivity index (χ1n) is 9.60. The minimum atomic E-state index is -0.673. The lowest BCUT2D eigenvalue weighted by Gasteiger charge is -2.34. The van der Waals surface area contributed by atoms with Crippen molar-refractivity contribution in [2.45, 2.75) is 44.5 Å². The predicted octanol–water partition coefficient (Wildman–Crippen LogP) is 0.860. The van der Waals surface area contributed by atoms with Crippen molar-refractivity contribution in [1.29, 1.82) is 0 Å². The molecule has 9 heteroatoms. The summed E-state index contributed by atoms with van der Waals surface area (Å²) in [4.78, 5) is 34.2. The fourth-order valence-electron chi connectivity index (χ4n) is 4.77. The highest BCUT2D eigenvalue weighted by atomic mass is 16.5. The summed E-state index contributed by atoms with van der Waals surface area (Å²) < 4.78 is 7.85. The summed E-state index contributed by atoms with van der Waals surface area (Å²) in [7, 11) is 0. The third-order valence-electron chi connectivity index (χ3n) is 6.16. The molecular formula is C19H22N6O3. The maximum absolute atomic E-state index is 13.3. The normalized spacial score (nSPS) is 28.9. The molecule has 3 fully saturated rings. The van der Waals surface area contributed by atoms with Crippen LogP contribution in [0.15, 0.2) is 30.9 Å². The zero-order chi connectivity index (χ0) is 19.5. The molecule has 0 N–H and O–H groups in total. The van der Waals surface area contributed by atoms with Gasteiger partial charge in [0.05, 0.1) is 25.1 Å². The first kappa shape index (κ1) is 17.3. The Kier molecular flexibility index (Phi) is 3.77. The molecule has 0 aromatic carbocycles. The lowest BCUT2D eigenvalue weighted by atomic mass is 10.0. The zero-order valence-electron chi connectivity index (χ0n) is 15.9. The second-order valence-corrected chi connectivity index (χ2v) is 7.95. The van der Waals surface area contributed by atoms with Gasteiger partial charge in [0.2, 0.25) is 5.91 Å². The van der Waals surface area contributed by atoms with Gasteiger partial charge in [0.15, 0.2) is 5.72 Å². The lowest BCUT2D eigenvalue weighted by molar-refractivity contribution is -0.139. The van der Waals surface area contributed by atoms with Crippen LogP contribution in [0, 0.1) is 5.92 Å². The maximum atomic E-state index is 13.3. The Morgan fingerprint density at radius 3 is 2.82 bits per heavy atom. The smallest absolute Gasteiger partial charge is 0.272 e. The van der Waals surface area contributed by atoms with Crippen molar-refractivity contribution >= 4 is 11.8 Å². The molecule has 5 heterocycles. The SMILES string of the molecule is CC(C)[C@@H]1CO[C@@]23CCN(C(=O)c4cccc(-n5cnnc5)n4)[C@@H]2CC(=O)N13. The van der Waals surface area contributed by atoms with E-state index in [9.17, 15) is 9.59 Å². The molecule has 1 spiro atoms. The molecule has 3 aliphatic heterocycles. The molecular weight excluding hydrogens is 360 g/mol. The molecule has 5 rings (SSSR count). The summed E-state index contributed by atoms with van der Waals surface area (Å²) in [5, 5.41) is 7.55. The molecule has 2 aromatic rings. The summed E-state index contributed by atoms with van der Waals surface area (Å²) in [6.07, 6.45) is 4.02. The minimum Gasteiger partial charge on any atom is -0.351 e. The van der Waals surface area contributed by atoms with Crippen LogP contribution in [0.3, 0.4) is 0 Å². The number of amides is 2. The van der Waals surface area contributed by atoms with Gasteiger partial charge >= 0.3 is 0 Å². The van der Waals surface area contributed by atoms with Crippen molar-refractivity contribution < 1.29 is 14.3 Å². The van der Waals surface area contributed by atoms with Gasteiger partial charge in [-0.25, -0.2) is 4.98 Å². The Morgan fingerprint density at radius 1 is 1.29 bits per heavy atom. The molecule has 28 heavy (non-hydrogen) atoms. The van der Waals surface area contributed by atoms with E-state index in [2.05, 4.69) is 29.0 Å². The van der Waals surface area contributed by atoms with Crippen LogP contribution in [0.4, 0.5) is 0 Å². The quantitative estimate of drug-likeness (QED) is 0.782. The van der Waals surface area contributed by atoms with Crippen molar-refractivity contribution in [1.82, 2.24) is 29.5 Å². The molecule has 3 saturated heterocycles. The van der Waals surface area contributed by atoms with Crippen LogP contribution in [0.2, 0.25) is 0 Å². The highest BCUT2D eigenvalue weighted by molar-refractivity contribution is 5.94.